The number of hydrogen-bond acceptors (Lipinski definition) is 8. The number of carbonyl (C=O) groups is 1. The van der Waals surface area contributed by atoms with Crippen molar-refractivity contribution in [1.82, 2.24) is 9.97 Å². The Hall–Kier alpha value is -3.16. The summed E-state index contributed by atoms with van der Waals surface area (Å²) in [5.74, 6) is -0.558. The van der Waals surface area contributed by atoms with Gasteiger partial charge in [0.15, 0.2) is 0 Å². The molecular weight excluding hydrogens is 453 g/mol. The Balaban J connectivity index is 1.65. The molecule has 0 saturated carbocycles. The van der Waals surface area contributed by atoms with E-state index in [9.17, 15) is 9.36 Å². The van der Waals surface area contributed by atoms with E-state index >= 15 is 0 Å². The van der Waals surface area contributed by atoms with Crippen LogP contribution in [0.3, 0.4) is 0 Å². The van der Waals surface area contributed by atoms with Gasteiger partial charge in [0.25, 0.3) is 0 Å². The zero-order valence-corrected chi connectivity index (χ0v) is 19.9. The fourth-order valence-electron chi connectivity index (χ4n) is 3.62. The molecule has 1 unspecified atom stereocenters. The van der Waals surface area contributed by atoms with E-state index < -0.39 is 19.6 Å². The first-order valence-corrected chi connectivity index (χ1v) is 12.5. The van der Waals surface area contributed by atoms with Crippen molar-refractivity contribution in [2.75, 3.05) is 14.2 Å². The molecule has 0 saturated heterocycles. The van der Waals surface area contributed by atoms with Crippen LogP contribution in [0.4, 0.5) is 0 Å². The molecule has 0 aliphatic heterocycles. The van der Waals surface area contributed by atoms with Crippen LogP contribution in [0, 0.1) is 0 Å². The van der Waals surface area contributed by atoms with Crippen LogP contribution >= 0.6 is 7.60 Å². The molecule has 0 aliphatic rings. The minimum absolute atomic E-state index is 0.0617. The second kappa shape index (κ2) is 10.4. The monoisotopic (exact) mass is 479 g/mol. The summed E-state index contributed by atoms with van der Waals surface area (Å²) < 4.78 is 28.5. The molecule has 2 N–H and O–H groups in total. The standard InChI is InChI=1S/C25H26N3O5P/c1-31-34(30,32-2)16-24-23(14-20(26)25(29)33-15-17-8-4-3-5-9-17)27-21-12-18-10-6-7-11-19(18)13-22(21)28-24/h3-13,20H,14-16,26H2,1-2H3. The van der Waals surface area contributed by atoms with E-state index in [0.29, 0.717) is 22.4 Å². The number of fused-ring (bicyclic) bond motifs is 2. The van der Waals surface area contributed by atoms with E-state index in [-0.39, 0.29) is 19.2 Å². The zero-order chi connectivity index (χ0) is 24.1. The normalized spacial score (nSPS) is 12.7. The summed E-state index contributed by atoms with van der Waals surface area (Å²) in [6.07, 6.45) is -0.0387. The number of rotatable bonds is 9. The maximum Gasteiger partial charge on any atom is 0.336 e. The number of esters is 1. The molecule has 0 aliphatic carbocycles. The molecule has 3 aromatic carbocycles. The van der Waals surface area contributed by atoms with Crippen molar-refractivity contribution in [2.45, 2.75) is 25.2 Å². The molecular formula is C25H26N3O5P. The van der Waals surface area contributed by atoms with Crippen LogP contribution < -0.4 is 5.73 Å². The predicted octanol–water partition coefficient (Wildman–Crippen LogP) is 4.38. The Morgan fingerprint density at radius 1 is 0.912 bits per heavy atom. The molecule has 0 spiro atoms. The third-order valence-corrected chi connectivity index (χ3v) is 7.33. The predicted molar refractivity (Wildman–Crippen MR) is 130 cm³/mol. The number of ether oxygens (including phenoxy) is 1. The van der Waals surface area contributed by atoms with Crippen molar-refractivity contribution >= 4 is 35.4 Å². The molecule has 1 aromatic heterocycles. The maximum atomic E-state index is 12.9. The minimum atomic E-state index is -3.44. The Bertz CT molecular complexity index is 1360. The highest BCUT2D eigenvalue weighted by Gasteiger charge is 2.27. The van der Waals surface area contributed by atoms with E-state index in [1.54, 1.807) is 0 Å². The van der Waals surface area contributed by atoms with Crippen molar-refractivity contribution in [3.8, 4) is 0 Å². The van der Waals surface area contributed by atoms with Gasteiger partial charge in [-0.2, -0.15) is 0 Å². The first-order chi connectivity index (χ1) is 16.4. The number of hydrogen-bond donors (Lipinski definition) is 1. The summed E-state index contributed by atoms with van der Waals surface area (Å²) >= 11 is 0. The van der Waals surface area contributed by atoms with Crippen molar-refractivity contribution in [3.05, 3.63) is 83.7 Å². The van der Waals surface area contributed by atoms with Gasteiger partial charge < -0.3 is 19.5 Å². The molecule has 34 heavy (non-hydrogen) atoms. The lowest BCUT2D eigenvalue weighted by Crippen LogP contribution is -2.35. The van der Waals surface area contributed by atoms with Crippen molar-refractivity contribution in [3.63, 3.8) is 0 Å². The second-order valence-electron chi connectivity index (χ2n) is 7.84. The summed E-state index contributed by atoms with van der Waals surface area (Å²) in [6.45, 7) is 0.123. The van der Waals surface area contributed by atoms with Gasteiger partial charge in [-0.25, -0.2) is 9.97 Å². The molecule has 0 radical (unpaired) electrons. The smallest absolute Gasteiger partial charge is 0.336 e. The average molecular weight is 479 g/mol. The summed E-state index contributed by atoms with van der Waals surface area (Å²) in [6, 6.07) is 20.1. The van der Waals surface area contributed by atoms with Crippen LogP contribution in [-0.2, 0) is 42.3 Å². The van der Waals surface area contributed by atoms with Crippen LogP contribution in [0.15, 0.2) is 66.7 Å². The molecule has 0 amide bonds. The summed E-state index contributed by atoms with van der Waals surface area (Å²) in [5.41, 5.74) is 9.17. The van der Waals surface area contributed by atoms with Gasteiger partial charge in [0.2, 0.25) is 0 Å². The zero-order valence-electron chi connectivity index (χ0n) is 19.0. The first kappa shape index (κ1) is 24.0. The fourth-order valence-corrected chi connectivity index (χ4v) is 4.65. The Morgan fingerprint density at radius 2 is 1.47 bits per heavy atom. The summed E-state index contributed by atoms with van der Waals surface area (Å²) in [5, 5.41) is 2.01. The molecule has 4 rings (SSSR count). The highest BCUT2D eigenvalue weighted by molar-refractivity contribution is 7.52. The second-order valence-corrected chi connectivity index (χ2v) is 10.1. The van der Waals surface area contributed by atoms with Gasteiger partial charge in [0, 0.05) is 20.6 Å². The van der Waals surface area contributed by atoms with Crippen molar-refractivity contribution in [2.24, 2.45) is 5.73 Å². The van der Waals surface area contributed by atoms with Gasteiger partial charge in [-0.1, -0.05) is 54.6 Å². The van der Waals surface area contributed by atoms with Crippen LogP contribution in [0.25, 0.3) is 21.8 Å². The molecule has 176 valence electrons. The third kappa shape index (κ3) is 5.48. The van der Waals surface area contributed by atoms with E-state index in [0.717, 1.165) is 16.3 Å². The number of nitrogens with two attached hydrogens (primary N) is 1. The molecule has 1 atom stereocenters. The van der Waals surface area contributed by atoms with Crippen molar-refractivity contribution in [1.29, 1.82) is 0 Å². The van der Waals surface area contributed by atoms with Gasteiger partial charge in [-0.15, -0.1) is 0 Å². The van der Waals surface area contributed by atoms with Crippen LogP contribution in [-0.4, -0.2) is 36.2 Å². The van der Waals surface area contributed by atoms with Gasteiger partial charge >= 0.3 is 13.6 Å². The Morgan fingerprint density at radius 3 is 2.06 bits per heavy atom. The first-order valence-electron chi connectivity index (χ1n) is 10.8. The highest BCUT2D eigenvalue weighted by atomic mass is 31.2. The lowest BCUT2D eigenvalue weighted by atomic mass is 10.1. The van der Waals surface area contributed by atoms with Crippen molar-refractivity contribution < 1.29 is 23.1 Å². The molecule has 1 heterocycles. The fraction of sp³-hybridized carbons (Fsp3) is 0.240. The third-order valence-electron chi connectivity index (χ3n) is 5.53. The number of nitrogens with zero attached hydrogens (tertiary/aromatic N) is 2. The van der Waals surface area contributed by atoms with Crippen LogP contribution in [0.5, 0.6) is 0 Å². The minimum Gasteiger partial charge on any atom is -0.460 e. The highest BCUT2D eigenvalue weighted by Crippen LogP contribution is 2.50. The molecule has 9 heteroatoms. The van der Waals surface area contributed by atoms with E-state index in [1.807, 2.05) is 66.7 Å². The Kier molecular flexibility index (Phi) is 7.34. The van der Waals surface area contributed by atoms with Gasteiger partial charge in [0.1, 0.15) is 12.6 Å². The lowest BCUT2D eigenvalue weighted by molar-refractivity contribution is -0.146. The lowest BCUT2D eigenvalue weighted by Gasteiger charge is -2.17. The quantitative estimate of drug-likeness (QED) is 0.214. The Labute approximate surface area is 197 Å². The summed E-state index contributed by atoms with van der Waals surface area (Å²) in [4.78, 5) is 22.0. The van der Waals surface area contributed by atoms with E-state index in [4.69, 9.17) is 29.5 Å². The molecule has 0 fully saturated rings. The molecule has 0 bridgehead atoms. The maximum absolute atomic E-state index is 12.9. The average Bonchev–Trinajstić information content (AvgIpc) is 2.86. The van der Waals surface area contributed by atoms with E-state index in [1.165, 1.54) is 14.2 Å². The van der Waals surface area contributed by atoms with Crippen LogP contribution in [0.2, 0.25) is 0 Å². The SMILES string of the molecule is COP(=O)(Cc1nc2cc3ccccc3cc2nc1CC(N)C(=O)OCc1ccccc1)OC. The van der Waals surface area contributed by atoms with Gasteiger partial charge in [0.05, 0.1) is 28.6 Å². The number of aromatic nitrogens is 2. The van der Waals surface area contributed by atoms with Gasteiger partial charge in [-0.05, 0) is 28.5 Å². The topological polar surface area (TPSA) is 114 Å². The summed E-state index contributed by atoms with van der Waals surface area (Å²) in [7, 11) is -0.799. The van der Waals surface area contributed by atoms with Crippen LogP contribution in [0.1, 0.15) is 17.0 Å². The van der Waals surface area contributed by atoms with Gasteiger partial charge in [-0.3, -0.25) is 9.36 Å². The number of benzene rings is 3. The molecule has 4 aromatic rings. The number of carbonyl (C=O) groups excluding carboxylic acids is 1. The largest absolute Gasteiger partial charge is 0.460 e. The van der Waals surface area contributed by atoms with E-state index in [2.05, 4.69) is 0 Å². The molecule has 8 nitrogen and oxygen atoms in total.